The average molecular weight is 180 g/mol. The molecule has 0 bridgehead atoms. The highest BCUT2D eigenvalue weighted by Gasteiger charge is 2.24. The normalized spacial score (nSPS) is 16.5. The Balaban J connectivity index is 2.21. The maximum atomic E-state index is 5.79. The fourth-order valence-corrected chi connectivity index (χ4v) is 1.96. The van der Waals surface area contributed by atoms with E-state index >= 15 is 0 Å². The zero-order valence-electron chi connectivity index (χ0n) is 8.25. The Labute approximate surface area is 78.3 Å². The van der Waals surface area contributed by atoms with E-state index in [-0.39, 0.29) is 0 Å². The van der Waals surface area contributed by atoms with E-state index < -0.39 is 0 Å². The van der Waals surface area contributed by atoms with Crippen molar-refractivity contribution in [2.45, 2.75) is 26.4 Å². The topological polar surface area (TPSA) is 47.1 Å². The van der Waals surface area contributed by atoms with Crippen LogP contribution in [0.3, 0.4) is 0 Å². The predicted octanol–water partition coefficient (Wildman–Crippen LogP) is 0.728. The van der Waals surface area contributed by atoms with Crippen LogP contribution in [0, 0.1) is 0 Å². The first-order valence-corrected chi connectivity index (χ1v) is 4.75. The van der Waals surface area contributed by atoms with Gasteiger partial charge in [-0.15, -0.1) is 0 Å². The molecule has 0 aromatic carbocycles. The molecule has 0 fully saturated rings. The van der Waals surface area contributed by atoms with Crippen LogP contribution in [0.5, 0.6) is 0 Å². The molecule has 1 aromatic rings. The van der Waals surface area contributed by atoms with Gasteiger partial charge in [-0.05, 0) is 13.0 Å². The quantitative estimate of drug-likeness (QED) is 0.729. The number of nitrogens with two attached hydrogens (primary N) is 1. The first-order valence-electron chi connectivity index (χ1n) is 4.75. The number of hydrogen-bond acceptors (Lipinski definition) is 3. The van der Waals surface area contributed by atoms with Crippen LogP contribution in [0.1, 0.15) is 24.6 Å². The molecule has 1 aromatic heterocycles. The van der Waals surface area contributed by atoms with Crippen LogP contribution in [0.25, 0.3) is 0 Å². The second-order valence-electron chi connectivity index (χ2n) is 3.64. The predicted molar refractivity (Wildman–Crippen MR) is 52.0 cm³/mol. The molecule has 0 aliphatic carbocycles. The molecule has 0 spiro atoms. The number of fused-ring (bicyclic) bond motifs is 1. The van der Waals surface area contributed by atoms with Gasteiger partial charge in [0.2, 0.25) is 0 Å². The van der Waals surface area contributed by atoms with Gasteiger partial charge in [-0.2, -0.15) is 5.10 Å². The number of nitrogens with zero attached hydrogens (tertiary/aromatic N) is 3. The van der Waals surface area contributed by atoms with Crippen molar-refractivity contribution in [3.8, 4) is 0 Å². The third-order valence-corrected chi connectivity index (χ3v) is 2.60. The SMILES string of the molecule is CCCN1Cc2c(N)nn(C)c2C1. The van der Waals surface area contributed by atoms with Crippen molar-refractivity contribution in [2.75, 3.05) is 12.3 Å². The summed E-state index contributed by atoms with van der Waals surface area (Å²) in [5, 5.41) is 4.20. The van der Waals surface area contributed by atoms with Crippen molar-refractivity contribution >= 4 is 5.82 Å². The van der Waals surface area contributed by atoms with Gasteiger partial charge in [-0.1, -0.05) is 6.92 Å². The Kier molecular flexibility index (Phi) is 2.00. The molecule has 0 saturated carbocycles. The molecule has 4 nitrogen and oxygen atoms in total. The summed E-state index contributed by atoms with van der Waals surface area (Å²) in [6.07, 6.45) is 1.20. The monoisotopic (exact) mass is 180 g/mol. The molecule has 0 atom stereocenters. The van der Waals surface area contributed by atoms with Gasteiger partial charge in [-0.3, -0.25) is 9.58 Å². The van der Waals surface area contributed by atoms with Crippen molar-refractivity contribution < 1.29 is 0 Å². The fourth-order valence-electron chi connectivity index (χ4n) is 1.96. The lowest BCUT2D eigenvalue weighted by molar-refractivity contribution is 0.279. The van der Waals surface area contributed by atoms with E-state index in [1.807, 2.05) is 11.7 Å². The summed E-state index contributed by atoms with van der Waals surface area (Å²) in [6.45, 7) is 5.32. The number of aryl methyl sites for hydroxylation is 1. The van der Waals surface area contributed by atoms with E-state index in [9.17, 15) is 0 Å². The standard InChI is InChI=1S/C9H16N4/c1-3-4-13-5-7-8(6-13)12(2)11-9(7)10/h3-6H2,1-2H3,(H2,10,11). The number of aromatic nitrogens is 2. The molecule has 2 rings (SSSR count). The first kappa shape index (κ1) is 8.56. The largest absolute Gasteiger partial charge is 0.382 e. The summed E-state index contributed by atoms with van der Waals surface area (Å²) in [6, 6.07) is 0. The first-order chi connectivity index (χ1) is 6.22. The van der Waals surface area contributed by atoms with E-state index in [0.29, 0.717) is 5.82 Å². The fraction of sp³-hybridized carbons (Fsp3) is 0.667. The van der Waals surface area contributed by atoms with E-state index in [1.165, 1.54) is 17.7 Å². The van der Waals surface area contributed by atoms with E-state index in [2.05, 4.69) is 16.9 Å². The van der Waals surface area contributed by atoms with Gasteiger partial charge in [0.05, 0.1) is 5.69 Å². The third-order valence-electron chi connectivity index (χ3n) is 2.60. The lowest BCUT2D eigenvalue weighted by Gasteiger charge is -2.13. The minimum atomic E-state index is 0.705. The maximum Gasteiger partial charge on any atom is 0.150 e. The zero-order chi connectivity index (χ0) is 9.42. The summed E-state index contributed by atoms with van der Waals surface area (Å²) in [4.78, 5) is 2.41. The number of nitrogen functional groups attached to an aromatic ring is 1. The minimum Gasteiger partial charge on any atom is -0.382 e. The van der Waals surface area contributed by atoms with Crippen LogP contribution in [-0.4, -0.2) is 21.2 Å². The molecule has 1 aliphatic heterocycles. The van der Waals surface area contributed by atoms with Crippen LogP contribution in [0.2, 0.25) is 0 Å². The molecule has 2 N–H and O–H groups in total. The molecule has 13 heavy (non-hydrogen) atoms. The maximum absolute atomic E-state index is 5.79. The van der Waals surface area contributed by atoms with E-state index in [0.717, 1.165) is 19.6 Å². The number of rotatable bonds is 2. The van der Waals surface area contributed by atoms with Crippen LogP contribution < -0.4 is 5.73 Å². The van der Waals surface area contributed by atoms with Gasteiger partial charge in [-0.25, -0.2) is 0 Å². The van der Waals surface area contributed by atoms with Crippen LogP contribution in [-0.2, 0) is 20.1 Å². The summed E-state index contributed by atoms with van der Waals surface area (Å²) < 4.78 is 1.90. The van der Waals surface area contributed by atoms with Crippen molar-refractivity contribution in [1.29, 1.82) is 0 Å². The number of hydrogen-bond donors (Lipinski definition) is 1. The number of anilines is 1. The van der Waals surface area contributed by atoms with Crippen molar-refractivity contribution in [3.63, 3.8) is 0 Å². The Morgan fingerprint density at radius 3 is 2.85 bits per heavy atom. The Hall–Kier alpha value is -1.03. The molecule has 72 valence electrons. The van der Waals surface area contributed by atoms with Gasteiger partial charge in [0, 0.05) is 25.7 Å². The van der Waals surface area contributed by atoms with Gasteiger partial charge in [0.15, 0.2) is 0 Å². The average Bonchev–Trinajstić information content (AvgIpc) is 2.57. The minimum absolute atomic E-state index is 0.705. The lowest BCUT2D eigenvalue weighted by Crippen LogP contribution is -2.18. The van der Waals surface area contributed by atoms with Crippen molar-refractivity contribution in [2.24, 2.45) is 7.05 Å². The highest BCUT2D eigenvalue weighted by Crippen LogP contribution is 2.26. The van der Waals surface area contributed by atoms with Gasteiger partial charge in [0.25, 0.3) is 0 Å². The summed E-state index contributed by atoms with van der Waals surface area (Å²) in [7, 11) is 1.96. The van der Waals surface area contributed by atoms with Crippen molar-refractivity contribution in [3.05, 3.63) is 11.3 Å². The molecular formula is C9H16N4. The molecule has 4 heteroatoms. The van der Waals surface area contributed by atoms with Gasteiger partial charge >= 0.3 is 0 Å². The van der Waals surface area contributed by atoms with Crippen LogP contribution in [0.15, 0.2) is 0 Å². The smallest absolute Gasteiger partial charge is 0.150 e. The van der Waals surface area contributed by atoms with Gasteiger partial charge in [0.1, 0.15) is 5.82 Å². The van der Waals surface area contributed by atoms with Crippen LogP contribution >= 0.6 is 0 Å². The van der Waals surface area contributed by atoms with E-state index in [4.69, 9.17) is 5.73 Å². The zero-order valence-corrected chi connectivity index (χ0v) is 8.25. The summed E-state index contributed by atoms with van der Waals surface area (Å²) in [5.41, 5.74) is 8.31. The Morgan fingerprint density at radius 1 is 1.46 bits per heavy atom. The van der Waals surface area contributed by atoms with Gasteiger partial charge < -0.3 is 5.73 Å². The molecule has 0 unspecified atom stereocenters. The molecule has 2 heterocycles. The Morgan fingerprint density at radius 2 is 2.23 bits per heavy atom. The lowest BCUT2D eigenvalue weighted by atomic mass is 10.3. The Bertz CT molecular complexity index is 289. The third kappa shape index (κ3) is 1.31. The highest BCUT2D eigenvalue weighted by atomic mass is 15.3. The molecule has 1 aliphatic rings. The highest BCUT2D eigenvalue weighted by molar-refractivity contribution is 5.44. The second-order valence-corrected chi connectivity index (χ2v) is 3.64. The molecule has 0 radical (unpaired) electrons. The van der Waals surface area contributed by atoms with Crippen molar-refractivity contribution in [1.82, 2.24) is 14.7 Å². The van der Waals surface area contributed by atoms with Crippen LogP contribution in [0.4, 0.5) is 5.82 Å². The molecular weight excluding hydrogens is 164 g/mol. The molecule has 0 saturated heterocycles. The second kappa shape index (κ2) is 3.03. The summed E-state index contributed by atoms with van der Waals surface area (Å²) >= 11 is 0. The van der Waals surface area contributed by atoms with E-state index in [1.54, 1.807) is 0 Å². The summed E-state index contributed by atoms with van der Waals surface area (Å²) in [5.74, 6) is 0.705. The molecule has 0 amide bonds.